The summed E-state index contributed by atoms with van der Waals surface area (Å²) in [5, 5.41) is 0. The third-order valence-electron chi connectivity index (χ3n) is 6.25. The van der Waals surface area contributed by atoms with Crippen LogP contribution in [0, 0.1) is 0 Å². The maximum absolute atomic E-state index is 13.6. The molecule has 4 aromatic rings. The lowest BCUT2D eigenvalue weighted by atomic mass is 10.1. The SMILES string of the molecule is CCC(=O)C(Br)C(=O)c1oc(-c2ccnc(OC)c2)nc1N(Cc1ccc(OC)cc1)Cc1ccc(OC)cc1. The van der Waals surface area contributed by atoms with Crippen LogP contribution in [-0.2, 0) is 17.9 Å². The highest BCUT2D eigenvalue weighted by Crippen LogP contribution is 2.33. The number of rotatable bonds is 13. The molecule has 4 rings (SSSR count). The van der Waals surface area contributed by atoms with Gasteiger partial charge in [0.25, 0.3) is 0 Å². The number of ketones is 2. The first kappa shape index (κ1) is 28.8. The predicted molar refractivity (Wildman–Crippen MR) is 155 cm³/mol. The molecule has 0 N–H and O–H groups in total. The van der Waals surface area contributed by atoms with E-state index in [9.17, 15) is 9.59 Å². The largest absolute Gasteiger partial charge is 0.497 e. The molecule has 1 unspecified atom stereocenters. The molecule has 0 aliphatic rings. The van der Waals surface area contributed by atoms with Crippen LogP contribution in [0.1, 0.15) is 35.0 Å². The van der Waals surface area contributed by atoms with Crippen molar-refractivity contribution in [3.05, 3.63) is 83.7 Å². The van der Waals surface area contributed by atoms with Crippen LogP contribution in [0.4, 0.5) is 5.82 Å². The molecule has 2 heterocycles. The van der Waals surface area contributed by atoms with Gasteiger partial charge in [-0.3, -0.25) is 9.59 Å². The Morgan fingerprint density at radius 3 is 1.98 bits per heavy atom. The van der Waals surface area contributed by atoms with Crippen molar-refractivity contribution in [1.82, 2.24) is 9.97 Å². The number of carbonyl (C=O) groups excluding carboxylic acids is 2. The molecule has 0 aliphatic carbocycles. The minimum atomic E-state index is -1.06. The number of halogens is 1. The van der Waals surface area contributed by atoms with Crippen molar-refractivity contribution in [1.29, 1.82) is 0 Å². The summed E-state index contributed by atoms with van der Waals surface area (Å²) in [6, 6.07) is 18.7. The average Bonchev–Trinajstić information content (AvgIpc) is 3.46. The Balaban J connectivity index is 1.82. The minimum Gasteiger partial charge on any atom is -0.497 e. The highest BCUT2D eigenvalue weighted by atomic mass is 79.9. The van der Waals surface area contributed by atoms with Crippen molar-refractivity contribution >= 4 is 33.3 Å². The van der Waals surface area contributed by atoms with Crippen molar-refractivity contribution in [3.63, 3.8) is 0 Å². The minimum absolute atomic E-state index is 0.0172. The number of carbonyl (C=O) groups is 2. The van der Waals surface area contributed by atoms with Gasteiger partial charge in [0.2, 0.25) is 23.3 Å². The van der Waals surface area contributed by atoms with Crippen LogP contribution < -0.4 is 19.1 Å². The van der Waals surface area contributed by atoms with Crippen LogP contribution in [0.25, 0.3) is 11.5 Å². The molecule has 0 spiro atoms. The molecular weight excluding hydrogens is 578 g/mol. The summed E-state index contributed by atoms with van der Waals surface area (Å²) in [4.78, 5) is 35.9. The molecule has 10 heteroatoms. The van der Waals surface area contributed by atoms with Gasteiger partial charge in [-0.05, 0) is 41.5 Å². The van der Waals surface area contributed by atoms with Crippen LogP contribution in [0.15, 0.2) is 71.3 Å². The number of nitrogens with zero attached hydrogens (tertiary/aromatic N) is 3. The zero-order chi connectivity index (χ0) is 28.6. The fourth-order valence-electron chi connectivity index (χ4n) is 4.01. The highest BCUT2D eigenvalue weighted by molar-refractivity contribution is 9.10. The van der Waals surface area contributed by atoms with E-state index in [1.165, 1.54) is 7.11 Å². The lowest BCUT2D eigenvalue weighted by Gasteiger charge is -2.24. The molecule has 40 heavy (non-hydrogen) atoms. The molecule has 0 radical (unpaired) electrons. The molecule has 0 fully saturated rings. The molecule has 0 saturated carbocycles. The molecule has 0 bridgehead atoms. The number of anilines is 1. The maximum Gasteiger partial charge on any atom is 0.229 e. The standard InChI is InChI=1S/C30H30BrN3O6/c1-5-24(35)26(31)27(36)28-29(33-30(40-28)21-14-15-32-25(16-21)39-4)34(17-19-6-10-22(37-2)11-7-19)18-20-8-12-23(38-3)13-9-20/h6-16,26H,5,17-18H2,1-4H3. The second-order valence-corrected chi connectivity index (χ2v) is 9.77. The van der Waals surface area contributed by atoms with Gasteiger partial charge in [-0.2, -0.15) is 4.98 Å². The maximum atomic E-state index is 13.6. The Labute approximate surface area is 241 Å². The van der Waals surface area contributed by atoms with Crippen LogP contribution in [-0.4, -0.2) is 47.7 Å². The summed E-state index contributed by atoms with van der Waals surface area (Å²) in [7, 11) is 4.74. The number of benzene rings is 2. The molecule has 0 aliphatic heterocycles. The number of oxazole rings is 1. The van der Waals surface area contributed by atoms with Crippen molar-refractivity contribution < 1.29 is 28.2 Å². The number of pyridine rings is 1. The summed E-state index contributed by atoms with van der Waals surface area (Å²) in [5.41, 5.74) is 2.50. The number of aromatic nitrogens is 2. The summed E-state index contributed by atoms with van der Waals surface area (Å²) in [5.74, 6) is 1.59. The Kier molecular flexibility index (Phi) is 9.55. The van der Waals surface area contributed by atoms with Gasteiger partial charge in [0.1, 0.15) is 16.3 Å². The average molecular weight is 608 g/mol. The zero-order valence-electron chi connectivity index (χ0n) is 22.7. The second kappa shape index (κ2) is 13.3. The second-order valence-electron chi connectivity index (χ2n) is 8.86. The van der Waals surface area contributed by atoms with Gasteiger partial charge < -0.3 is 23.5 Å². The quantitative estimate of drug-likeness (QED) is 0.104. The van der Waals surface area contributed by atoms with Crippen molar-refractivity contribution in [3.8, 4) is 28.8 Å². The van der Waals surface area contributed by atoms with Crippen LogP contribution in [0.2, 0.25) is 0 Å². The number of hydrogen-bond donors (Lipinski definition) is 0. The summed E-state index contributed by atoms with van der Waals surface area (Å²) >= 11 is 3.28. The van der Waals surface area contributed by atoms with Gasteiger partial charge in [0.15, 0.2) is 11.6 Å². The number of Topliss-reactive ketones (excluding diaryl/α,β-unsaturated/α-hetero) is 2. The molecule has 208 valence electrons. The van der Waals surface area contributed by atoms with Crippen molar-refractivity contribution in [2.24, 2.45) is 0 Å². The lowest BCUT2D eigenvalue weighted by Crippen LogP contribution is -2.28. The van der Waals surface area contributed by atoms with E-state index in [0.717, 1.165) is 22.6 Å². The number of alkyl halides is 1. The molecule has 1 atom stereocenters. The van der Waals surface area contributed by atoms with E-state index in [0.29, 0.717) is 30.4 Å². The van der Waals surface area contributed by atoms with Crippen LogP contribution >= 0.6 is 15.9 Å². The summed E-state index contributed by atoms with van der Waals surface area (Å²) in [6.07, 6.45) is 1.76. The third kappa shape index (κ3) is 6.69. The Hall–Kier alpha value is -4.18. The first-order valence-corrected chi connectivity index (χ1v) is 13.5. The monoisotopic (exact) mass is 607 g/mol. The molecule has 0 saturated heterocycles. The van der Waals surface area contributed by atoms with Crippen molar-refractivity contribution in [2.45, 2.75) is 31.3 Å². The van der Waals surface area contributed by atoms with Crippen molar-refractivity contribution in [2.75, 3.05) is 26.2 Å². The lowest BCUT2D eigenvalue weighted by molar-refractivity contribution is -0.117. The van der Waals surface area contributed by atoms with E-state index in [2.05, 4.69) is 20.9 Å². The normalized spacial score (nSPS) is 11.5. The van der Waals surface area contributed by atoms with Gasteiger partial charge in [0.05, 0.1) is 21.3 Å². The molecule has 9 nitrogen and oxygen atoms in total. The molecule has 2 aromatic heterocycles. The first-order chi connectivity index (χ1) is 19.4. The molecular formula is C30H30BrN3O6. The number of ether oxygens (including phenoxy) is 3. The number of hydrogen-bond acceptors (Lipinski definition) is 9. The van der Waals surface area contributed by atoms with Crippen LogP contribution in [0.5, 0.6) is 17.4 Å². The van der Waals surface area contributed by atoms with E-state index in [1.54, 1.807) is 39.5 Å². The topological polar surface area (TPSA) is 104 Å². The van der Waals surface area contributed by atoms with E-state index >= 15 is 0 Å². The van der Waals surface area contributed by atoms with Gasteiger partial charge in [-0.25, -0.2) is 4.98 Å². The Morgan fingerprint density at radius 2 is 1.48 bits per heavy atom. The van der Waals surface area contributed by atoms with Gasteiger partial charge >= 0.3 is 0 Å². The zero-order valence-corrected chi connectivity index (χ0v) is 24.3. The summed E-state index contributed by atoms with van der Waals surface area (Å²) in [6.45, 7) is 2.51. The number of methoxy groups -OCH3 is 3. The Bertz CT molecular complexity index is 1400. The van der Waals surface area contributed by atoms with E-state index < -0.39 is 10.6 Å². The fourth-order valence-corrected chi connectivity index (χ4v) is 4.54. The highest BCUT2D eigenvalue weighted by Gasteiger charge is 2.32. The smallest absolute Gasteiger partial charge is 0.229 e. The fraction of sp³-hybridized carbons (Fsp3) is 0.267. The molecule has 2 aromatic carbocycles. The summed E-state index contributed by atoms with van der Waals surface area (Å²) < 4.78 is 22.0. The van der Waals surface area contributed by atoms with Gasteiger partial charge in [0, 0.05) is 37.3 Å². The Morgan fingerprint density at radius 1 is 0.900 bits per heavy atom. The van der Waals surface area contributed by atoms with E-state index in [1.807, 2.05) is 53.4 Å². The molecule has 0 amide bonds. The third-order valence-corrected chi connectivity index (χ3v) is 7.18. The van der Waals surface area contributed by atoms with E-state index in [-0.39, 0.29) is 23.9 Å². The van der Waals surface area contributed by atoms with Crippen LogP contribution in [0.3, 0.4) is 0 Å². The van der Waals surface area contributed by atoms with Gasteiger partial charge in [-0.1, -0.05) is 47.1 Å². The first-order valence-electron chi connectivity index (χ1n) is 12.6. The van der Waals surface area contributed by atoms with Gasteiger partial charge in [-0.15, -0.1) is 0 Å². The predicted octanol–water partition coefficient (Wildman–Crippen LogP) is 5.89. The van der Waals surface area contributed by atoms with E-state index in [4.69, 9.17) is 23.6 Å².